The van der Waals surface area contributed by atoms with Crippen molar-refractivity contribution in [3.63, 3.8) is 0 Å². The number of nitrogens with zero attached hydrogens (tertiary/aromatic N) is 3. The fourth-order valence-corrected chi connectivity index (χ4v) is 4.64. The van der Waals surface area contributed by atoms with Gasteiger partial charge >= 0.3 is 0 Å². The molecule has 2 aliphatic rings. The van der Waals surface area contributed by atoms with Gasteiger partial charge in [0.1, 0.15) is 0 Å². The lowest BCUT2D eigenvalue weighted by Crippen LogP contribution is -2.47. The van der Waals surface area contributed by atoms with Crippen LogP contribution in [0, 0.1) is 6.92 Å². The number of rotatable bonds is 5. The number of aryl methyl sites for hydroxylation is 1. The van der Waals surface area contributed by atoms with Crippen molar-refractivity contribution < 1.29 is 9.47 Å². The van der Waals surface area contributed by atoms with Gasteiger partial charge in [-0.05, 0) is 38.9 Å². The largest absolute Gasteiger partial charge is 0.376 e. The summed E-state index contributed by atoms with van der Waals surface area (Å²) in [4.78, 5) is 9.54. The van der Waals surface area contributed by atoms with Crippen LogP contribution in [-0.2, 0) is 9.47 Å². The molecule has 5 nitrogen and oxygen atoms in total. The van der Waals surface area contributed by atoms with Crippen LogP contribution in [0.3, 0.4) is 0 Å². The lowest BCUT2D eigenvalue weighted by molar-refractivity contribution is -0.0989. The molecule has 0 amide bonds. The summed E-state index contributed by atoms with van der Waals surface area (Å²) in [7, 11) is 2.23. The lowest BCUT2D eigenvalue weighted by Gasteiger charge is -2.39. The predicted molar refractivity (Wildman–Crippen MR) is 111 cm³/mol. The molecule has 1 aromatic heterocycles. The quantitative estimate of drug-likeness (QED) is 0.786. The topological polar surface area (TPSA) is 37.8 Å². The summed E-state index contributed by atoms with van der Waals surface area (Å²) in [5.41, 5.74) is 3.60. The second-order valence-corrected chi connectivity index (χ2v) is 8.59. The van der Waals surface area contributed by atoms with Gasteiger partial charge in [0.25, 0.3) is 0 Å². The third-order valence-electron chi connectivity index (χ3n) is 5.61. The average Bonchev–Trinajstić information content (AvgIpc) is 3.15. The standard InChI is InChI=1S/C21H29N3O2S/c1-16-22-21(15-27-16)17-3-5-19(6-4-17)24-9-7-18(8-10-24)23(2)13-20-14-25-11-12-26-20/h3-6,15,18,20H,7-14H2,1-2H3/t20-/m0/s1. The number of hydrogen-bond donors (Lipinski definition) is 0. The monoisotopic (exact) mass is 387 g/mol. The van der Waals surface area contributed by atoms with E-state index in [2.05, 4.69) is 58.4 Å². The maximum Gasteiger partial charge on any atom is 0.0936 e. The average molecular weight is 388 g/mol. The van der Waals surface area contributed by atoms with E-state index in [0.29, 0.717) is 6.04 Å². The minimum absolute atomic E-state index is 0.226. The molecule has 1 atom stereocenters. The van der Waals surface area contributed by atoms with Crippen LogP contribution < -0.4 is 4.90 Å². The molecule has 1 aromatic carbocycles. The number of hydrogen-bond acceptors (Lipinski definition) is 6. The molecular weight excluding hydrogens is 358 g/mol. The Morgan fingerprint density at radius 3 is 2.59 bits per heavy atom. The molecule has 0 N–H and O–H groups in total. The summed E-state index contributed by atoms with van der Waals surface area (Å²) in [5.74, 6) is 0. The van der Waals surface area contributed by atoms with Crippen molar-refractivity contribution >= 4 is 17.0 Å². The second-order valence-electron chi connectivity index (χ2n) is 7.52. The molecule has 27 heavy (non-hydrogen) atoms. The molecule has 146 valence electrons. The maximum atomic E-state index is 5.80. The van der Waals surface area contributed by atoms with Crippen molar-refractivity contribution in [3.8, 4) is 11.3 Å². The van der Waals surface area contributed by atoms with Gasteiger partial charge in [0.05, 0.1) is 36.6 Å². The molecule has 0 aliphatic carbocycles. The molecular formula is C21H29N3O2S. The minimum Gasteiger partial charge on any atom is -0.376 e. The van der Waals surface area contributed by atoms with E-state index in [1.165, 1.54) is 24.1 Å². The number of benzene rings is 1. The Balaban J connectivity index is 1.29. The molecule has 4 rings (SSSR count). The highest BCUT2D eigenvalue weighted by Crippen LogP contribution is 2.27. The lowest BCUT2D eigenvalue weighted by atomic mass is 10.0. The third-order valence-corrected chi connectivity index (χ3v) is 6.39. The molecule has 2 fully saturated rings. The van der Waals surface area contributed by atoms with Gasteiger partial charge in [-0.25, -0.2) is 4.98 Å². The highest BCUT2D eigenvalue weighted by molar-refractivity contribution is 7.09. The van der Waals surface area contributed by atoms with Crippen LogP contribution in [0.1, 0.15) is 17.8 Å². The molecule has 2 aliphatic heterocycles. The summed E-state index contributed by atoms with van der Waals surface area (Å²) < 4.78 is 11.3. The van der Waals surface area contributed by atoms with Crippen LogP contribution >= 0.6 is 11.3 Å². The van der Waals surface area contributed by atoms with Crippen molar-refractivity contribution in [1.82, 2.24) is 9.88 Å². The molecule has 0 saturated carbocycles. The van der Waals surface area contributed by atoms with Crippen LogP contribution in [0.5, 0.6) is 0 Å². The fraction of sp³-hybridized carbons (Fsp3) is 0.571. The van der Waals surface area contributed by atoms with Gasteiger partial charge in [-0.1, -0.05) is 12.1 Å². The fourth-order valence-electron chi connectivity index (χ4n) is 4.02. The number of likely N-dealkylation sites (N-methyl/N-ethyl adjacent to an activating group) is 1. The van der Waals surface area contributed by atoms with Crippen molar-refractivity contribution in [1.29, 1.82) is 0 Å². The van der Waals surface area contributed by atoms with E-state index < -0.39 is 0 Å². The van der Waals surface area contributed by atoms with Crippen LogP contribution in [0.25, 0.3) is 11.3 Å². The number of piperidine rings is 1. The van der Waals surface area contributed by atoms with Crippen molar-refractivity contribution in [2.24, 2.45) is 0 Å². The third kappa shape index (κ3) is 4.69. The first kappa shape index (κ1) is 18.9. The van der Waals surface area contributed by atoms with E-state index in [9.17, 15) is 0 Å². The van der Waals surface area contributed by atoms with Gasteiger partial charge in [0.15, 0.2) is 0 Å². The minimum atomic E-state index is 0.226. The van der Waals surface area contributed by atoms with E-state index >= 15 is 0 Å². The Kier molecular flexibility index (Phi) is 6.08. The molecule has 2 saturated heterocycles. The van der Waals surface area contributed by atoms with Crippen molar-refractivity contribution in [2.45, 2.75) is 31.9 Å². The normalized spacial score (nSPS) is 21.7. The zero-order chi connectivity index (χ0) is 18.6. The van der Waals surface area contributed by atoms with E-state index in [4.69, 9.17) is 9.47 Å². The highest BCUT2D eigenvalue weighted by atomic mass is 32.1. The summed E-state index contributed by atoms with van der Waals surface area (Å²) in [5, 5.41) is 3.25. The van der Waals surface area contributed by atoms with Crippen molar-refractivity contribution in [2.75, 3.05) is 51.4 Å². The number of thiazole rings is 1. The first-order valence-corrected chi connectivity index (χ1v) is 10.7. The van der Waals surface area contributed by atoms with Gasteiger partial charge in [-0.15, -0.1) is 11.3 Å². The van der Waals surface area contributed by atoms with E-state index in [1.54, 1.807) is 11.3 Å². The SMILES string of the molecule is Cc1nc(-c2ccc(N3CCC(N(C)C[C@H]4COCCO4)CC3)cc2)cs1. The van der Waals surface area contributed by atoms with E-state index in [-0.39, 0.29) is 6.10 Å². The molecule has 0 radical (unpaired) electrons. The van der Waals surface area contributed by atoms with Gasteiger partial charge in [-0.2, -0.15) is 0 Å². The zero-order valence-electron chi connectivity index (χ0n) is 16.3. The Morgan fingerprint density at radius 1 is 1.19 bits per heavy atom. The van der Waals surface area contributed by atoms with Gasteiger partial charge in [0, 0.05) is 42.3 Å². The van der Waals surface area contributed by atoms with Crippen LogP contribution in [0.15, 0.2) is 29.6 Å². The predicted octanol–water partition coefficient (Wildman–Crippen LogP) is 3.43. The number of aromatic nitrogens is 1. The second kappa shape index (κ2) is 8.69. The summed E-state index contributed by atoms with van der Waals surface area (Å²) in [6, 6.07) is 9.50. The summed E-state index contributed by atoms with van der Waals surface area (Å²) in [6.07, 6.45) is 2.61. The smallest absolute Gasteiger partial charge is 0.0936 e. The van der Waals surface area contributed by atoms with Crippen LogP contribution in [0.2, 0.25) is 0 Å². The van der Waals surface area contributed by atoms with Crippen molar-refractivity contribution in [3.05, 3.63) is 34.7 Å². The molecule has 0 spiro atoms. The molecule has 6 heteroatoms. The first-order chi connectivity index (χ1) is 13.2. The molecule has 3 heterocycles. The molecule has 2 aromatic rings. The van der Waals surface area contributed by atoms with Gasteiger partial charge < -0.3 is 19.3 Å². The zero-order valence-corrected chi connectivity index (χ0v) is 17.1. The Hall–Kier alpha value is -1.47. The Morgan fingerprint density at radius 2 is 1.96 bits per heavy atom. The van der Waals surface area contributed by atoms with E-state index in [1.807, 2.05) is 0 Å². The Bertz CT molecular complexity index is 719. The molecule has 0 unspecified atom stereocenters. The van der Waals surface area contributed by atoms with Gasteiger partial charge in [-0.3, -0.25) is 0 Å². The van der Waals surface area contributed by atoms with Gasteiger partial charge in [0.2, 0.25) is 0 Å². The summed E-state index contributed by atoms with van der Waals surface area (Å²) in [6.45, 7) is 7.42. The maximum absolute atomic E-state index is 5.80. The number of ether oxygens (including phenoxy) is 2. The van der Waals surface area contributed by atoms with Crippen LogP contribution in [-0.4, -0.2) is 68.5 Å². The first-order valence-electron chi connectivity index (χ1n) is 9.86. The molecule has 0 bridgehead atoms. The van der Waals surface area contributed by atoms with Crippen LogP contribution in [0.4, 0.5) is 5.69 Å². The van der Waals surface area contributed by atoms with E-state index in [0.717, 1.165) is 50.2 Å². The summed E-state index contributed by atoms with van der Waals surface area (Å²) >= 11 is 1.70. The number of anilines is 1. The Labute approximate surface area is 165 Å². The highest BCUT2D eigenvalue weighted by Gasteiger charge is 2.25.